The van der Waals surface area contributed by atoms with Gasteiger partial charge in [0.15, 0.2) is 5.65 Å². The molecule has 134 valence electrons. The first-order valence-corrected chi connectivity index (χ1v) is 8.75. The highest BCUT2D eigenvalue weighted by Gasteiger charge is 2.19. The average molecular weight is 351 g/mol. The van der Waals surface area contributed by atoms with Crippen molar-refractivity contribution in [2.45, 2.75) is 6.42 Å². The molecular weight excluding hydrogens is 330 g/mol. The molecule has 0 saturated carbocycles. The summed E-state index contributed by atoms with van der Waals surface area (Å²) in [5.74, 6) is 0.983. The first-order chi connectivity index (χ1) is 12.8. The van der Waals surface area contributed by atoms with Crippen molar-refractivity contribution >= 4 is 23.1 Å². The maximum absolute atomic E-state index is 12.0. The molecule has 0 spiro atoms. The van der Waals surface area contributed by atoms with Crippen LogP contribution in [0.5, 0.6) is 0 Å². The second-order valence-corrected chi connectivity index (χ2v) is 6.29. The zero-order valence-corrected chi connectivity index (χ0v) is 14.5. The Hall–Kier alpha value is -3.00. The molecule has 1 saturated heterocycles. The van der Waals surface area contributed by atoms with Crippen molar-refractivity contribution in [1.29, 1.82) is 0 Å². The van der Waals surface area contributed by atoms with Crippen LogP contribution in [0.1, 0.15) is 6.42 Å². The summed E-state index contributed by atoms with van der Waals surface area (Å²) in [6, 6.07) is 7.65. The van der Waals surface area contributed by atoms with Crippen LogP contribution in [0.3, 0.4) is 0 Å². The molecule has 1 aliphatic rings. The number of piperazine rings is 1. The highest BCUT2D eigenvalue weighted by molar-refractivity contribution is 5.90. The van der Waals surface area contributed by atoms with E-state index >= 15 is 0 Å². The zero-order valence-electron chi connectivity index (χ0n) is 14.5. The Labute approximate surface area is 151 Å². The average Bonchev–Trinajstić information content (AvgIpc) is 3.15. The van der Waals surface area contributed by atoms with Gasteiger partial charge < -0.3 is 10.2 Å². The van der Waals surface area contributed by atoms with Gasteiger partial charge in [-0.1, -0.05) is 0 Å². The Morgan fingerprint density at radius 1 is 1.12 bits per heavy atom. The molecule has 0 atom stereocenters. The molecule has 1 N–H and O–H groups in total. The first-order valence-electron chi connectivity index (χ1n) is 8.75. The van der Waals surface area contributed by atoms with Crippen molar-refractivity contribution in [3.63, 3.8) is 0 Å². The van der Waals surface area contributed by atoms with Gasteiger partial charge in [0.2, 0.25) is 5.91 Å². The molecule has 1 fully saturated rings. The predicted octanol–water partition coefficient (Wildman–Crippen LogP) is 1.28. The SMILES string of the molecule is O=C(CCN1CCN(c2ccc3nccn3n2)CC1)Nc1cccnc1. The molecule has 1 amide bonds. The van der Waals surface area contributed by atoms with Crippen LogP contribution in [0, 0.1) is 0 Å². The van der Waals surface area contributed by atoms with Crippen LogP contribution in [0.25, 0.3) is 5.65 Å². The van der Waals surface area contributed by atoms with Crippen molar-refractivity contribution in [1.82, 2.24) is 24.5 Å². The molecule has 3 aromatic rings. The van der Waals surface area contributed by atoms with Gasteiger partial charge in [-0.25, -0.2) is 9.50 Å². The third-order valence-corrected chi connectivity index (χ3v) is 4.54. The Morgan fingerprint density at radius 2 is 2.00 bits per heavy atom. The molecule has 8 nitrogen and oxygen atoms in total. The summed E-state index contributed by atoms with van der Waals surface area (Å²) >= 11 is 0. The highest BCUT2D eigenvalue weighted by atomic mass is 16.1. The standard InChI is InChI=1S/C18H21N7O/c26-18(21-15-2-1-6-19-14-15)5-8-23-10-12-24(13-11-23)17-4-3-16-20-7-9-25(16)22-17/h1-4,6-7,9,14H,5,8,10-13H2,(H,21,26). The fraction of sp³-hybridized carbons (Fsp3) is 0.333. The first kappa shape index (κ1) is 16.5. The van der Waals surface area contributed by atoms with E-state index in [9.17, 15) is 4.79 Å². The molecule has 0 aromatic carbocycles. The number of carbonyl (C=O) groups excluding carboxylic acids is 1. The van der Waals surface area contributed by atoms with Gasteiger partial charge in [0.25, 0.3) is 0 Å². The number of nitrogens with one attached hydrogen (secondary N) is 1. The number of nitrogens with zero attached hydrogens (tertiary/aromatic N) is 6. The van der Waals surface area contributed by atoms with Gasteiger partial charge in [0.1, 0.15) is 5.82 Å². The van der Waals surface area contributed by atoms with Gasteiger partial charge >= 0.3 is 0 Å². The van der Waals surface area contributed by atoms with Crippen LogP contribution >= 0.6 is 0 Å². The molecular formula is C18H21N7O. The summed E-state index contributed by atoms with van der Waals surface area (Å²) in [7, 11) is 0. The Morgan fingerprint density at radius 3 is 2.81 bits per heavy atom. The van der Waals surface area contributed by atoms with E-state index in [1.54, 1.807) is 23.1 Å². The summed E-state index contributed by atoms with van der Waals surface area (Å²) in [6.07, 6.45) is 7.43. The van der Waals surface area contributed by atoms with Crippen LogP contribution in [0.4, 0.5) is 11.5 Å². The summed E-state index contributed by atoms with van der Waals surface area (Å²) in [6.45, 7) is 4.40. The number of fused-ring (bicyclic) bond motifs is 1. The minimum absolute atomic E-state index is 0.0210. The van der Waals surface area contributed by atoms with E-state index in [0.717, 1.165) is 49.9 Å². The molecule has 0 aliphatic carbocycles. The van der Waals surface area contributed by atoms with Crippen LogP contribution in [0.2, 0.25) is 0 Å². The molecule has 4 heterocycles. The molecule has 4 rings (SSSR count). The minimum atomic E-state index is 0.0210. The summed E-state index contributed by atoms with van der Waals surface area (Å²) in [5.41, 5.74) is 1.59. The smallest absolute Gasteiger partial charge is 0.225 e. The van der Waals surface area contributed by atoms with Crippen molar-refractivity contribution in [3.05, 3.63) is 49.1 Å². The largest absolute Gasteiger partial charge is 0.353 e. The molecule has 0 unspecified atom stereocenters. The Balaban J connectivity index is 1.25. The number of rotatable bonds is 5. The van der Waals surface area contributed by atoms with Gasteiger partial charge in [-0.15, -0.1) is 5.10 Å². The number of pyridine rings is 1. The van der Waals surface area contributed by atoms with Gasteiger partial charge in [-0.2, -0.15) is 0 Å². The van der Waals surface area contributed by atoms with Gasteiger partial charge in [-0.3, -0.25) is 14.7 Å². The molecule has 3 aromatic heterocycles. The fourth-order valence-electron chi connectivity index (χ4n) is 3.09. The van der Waals surface area contributed by atoms with Crippen LogP contribution in [-0.2, 0) is 4.79 Å². The number of carbonyl (C=O) groups is 1. The third kappa shape index (κ3) is 3.80. The topological polar surface area (TPSA) is 78.7 Å². The monoisotopic (exact) mass is 351 g/mol. The van der Waals surface area contributed by atoms with E-state index in [4.69, 9.17) is 0 Å². The lowest BCUT2D eigenvalue weighted by Crippen LogP contribution is -2.47. The zero-order chi connectivity index (χ0) is 17.8. The van der Waals surface area contributed by atoms with Gasteiger partial charge in [0.05, 0.1) is 11.9 Å². The van der Waals surface area contributed by atoms with E-state index in [-0.39, 0.29) is 5.91 Å². The predicted molar refractivity (Wildman–Crippen MR) is 99.1 cm³/mol. The van der Waals surface area contributed by atoms with Crippen LogP contribution < -0.4 is 10.2 Å². The fourth-order valence-corrected chi connectivity index (χ4v) is 3.09. The van der Waals surface area contributed by atoms with Crippen LogP contribution in [-0.4, -0.2) is 63.1 Å². The van der Waals surface area contributed by atoms with Crippen LogP contribution in [0.15, 0.2) is 49.1 Å². The lowest BCUT2D eigenvalue weighted by molar-refractivity contribution is -0.116. The molecule has 1 aliphatic heterocycles. The lowest BCUT2D eigenvalue weighted by atomic mass is 10.2. The quantitative estimate of drug-likeness (QED) is 0.746. The molecule has 0 bridgehead atoms. The molecule has 0 radical (unpaired) electrons. The van der Waals surface area contributed by atoms with Crippen molar-refractivity contribution in [3.8, 4) is 0 Å². The number of hydrogen-bond acceptors (Lipinski definition) is 6. The number of amides is 1. The van der Waals surface area contributed by atoms with E-state index in [0.29, 0.717) is 6.42 Å². The lowest BCUT2D eigenvalue weighted by Gasteiger charge is -2.35. The highest BCUT2D eigenvalue weighted by Crippen LogP contribution is 2.14. The number of hydrogen-bond donors (Lipinski definition) is 1. The van der Waals surface area contributed by atoms with Crippen molar-refractivity contribution in [2.75, 3.05) is 42.9 Å². The van der Waals surface area contributed by atoms with Crippen molar-refractivity contribution in [2.24, 2.45) is 0 Å². The second kappa shape index (κ2) is 7.49. The Kier molecular flexibility index (Phi) is 4.74. The van der Waals surface area contributed by atoms with E-state index < -0.39 is 0 Å². The molecule has 26 heavy (non-hydrogen) atoms. The van der Waals surface area contributed by atoms with Gasteiger partial charge in [-0.05, 0) is 24.3 Å². The number of imidazole rings is 1. The van der Waals surface area contributed by atoms with E-state index in [1.165, 1.54) is 0 Å². The van der Waals surface area contributed by atoms with E-state index in [2.05, 4.69) is 30.2 Å². The second-order valence-electron chi connectivity index (χ2n) is 6.29. The van der Waals surface area contributed by atoms with Crippen molar-refractivity contribution < 1.29 is 4.79 Å². The normalized spacial score (nSPS) is 15.3. The summed E-state index contributed by atoms with van der Waals surface area (Å²) in [5, 5.41) is 7.47. The maximum Gasteiger partial charge on any atom is 0.225 e. The third-order valence-electron chi connectivity index (χ3n) is 4.54. The van der Waals surface area contributed by atoms with E-state index in [1.807, 2.05) is 30.5 Å². The Bertz CT molecular complexity index is 871. The minimum Gasteiger partial charge on any atom is -0.353 e. The number of aromatic nitrogens is 4. The molecule has 8 heteroatoms. The summed E-state index contributed by atoms with van der Waals surface area (Å²) < 4.78 is 1.80. The van der Waals surface area contributed by atoms with Gasteiger partial charge in [0, 0.05) is 57.7 Å². The maximum atomic E-state index is 12.0. The summed E-state index contributed by atoms with van der Waals surface area (Å²) in [4.78, 5) is 24.8. The number of anilines is 2.